The molecule has 2 aromatic rings. The Morgan fingerprint density at radius 1 is 1.03 bits per heavy atom. The van der Waals surface area contributed by atoms with Crippen LogP contribution < -0.4 is 5.32 Å². The normalized spacial score (nSPS) is 19.8. The average molecular weight is 544 g/mol. The number of likely N-dealkylation sites (N-methyl/N-ethyl adjacent to an activating group) is 1. The summed E-state index contributed by atoms with van der Waals surface area (Å²) in [4.78, 5) is 43.2. The van der Waals surface area contributed by atoms with Crippen molar-refractivity contribution in [1.82, 2.24) is 25.1 Å². The summed E-state index contributed by atoms with van der Waals surface area (Å²) in [5.74, 6) is -1.04. The smallest absolute Gasteiger partial charge is 0.334 e. The maximum Gasteiger partial charge on any atom is 0.334 e. The molecule has 2 saturated heterocycles. The summed E-state index contributed by atoms with van der Waals surface area (Å²) < 4.78 is 32.2. The van der Waals surface area contributed by atoms with Crippen molar-refractivity contribution in [3.63, 3.8) is 0 Å². The van der Waals surface area contributed by atoms with Crippen LogP contribution in [0.4, 0.5) is 13.6 Å². The van der Waals surface area contributed by atoms with Gasteiger partial charge in [-0.1, -0.05) is 44.0 Å². The van der Waals surface area contributed by atoms with Crippen LogP contribution in [-0.4, -0.2) is 83.2 Å². The van der Waals surface area contributed by atoms with Crippen LogP contribution >= 0.6 is 0 Å². The highest BCUT2D eigenvalue weighted by molar-refractivity contribution is 5.91. The number of benzene rings is 2. The molecule has 0 saturated carbocycles. The van der Waals surface area contributed by atoms with Crippen molar-refractivity contribution in [2.24, 2.45) is 0 Å². The molecule has 39 heavy (non-hydrogen) atoms. The predicted octanol–water partition coefficient (Wildman–Crippen LogP) is 3.11. The van der Waals surface area contributed by atoms with E-state index in [9.17, 15) is 23.2 Å². The van der Waals surface area contributed by atoms with Crippen molar-refractivity contribution >= 4 is 17.8 Å². The summed E-state index contributed by atoms with van der Waals surface area (Å²) in [5, 5.41) is 5.91. The second-order valence-corrected chi connectivity index (χ2v) is 9.85. The zero-order chi connectivity index (χ0) is 27.9. The zero-order valence-corrected chi connectivity index (χ0v) is 22.3. The first-order valence-corrected chi connectivity index (χ1v) is 13.2. The van der Waals surface area contributed by atoms with Gasteiger partial charge in [-0.25, -0.2) is 23.6 Å². The lowest BCUT2D eigenvalue weighted by molar-refractivity contribution is -0.188. The Balaban J connectivity index is 1.46. The molecule has 0 aliphatic carbocycles. The minimum atomic E-state index is -0.680. The van der Waals surface area contributed by atoms with Crippen LogP contribution in [0, 0.1) is 11.6 Å². The lowest BCUT2D eigenvalue weighted by atomic mass is 10.0. The Morgan fingerprint density at radius 2 is 1.67 bits per heavy atom. The van der Waals surface area contributed by atoms with E-state index in [2.05, 4.69) is 5.32 Å². The number of amides is 4. The minimum absolute atomic E-state index is 0.0306. The molecule has 9 nitrogen and oxygen atoms in total. The summed E-state index contributed by atoms with van der Waals surface area (Å²) >= 11 is 0. The van der Waals surface area contributed by atoms with E-state index in [1.54, 1.807) is 46.1 Å². The van der Waals surface area contributed by atoms with E-state index < -0.39 is 18.2 Å². The molecule has 4 amide bonds. The molecule has 0 spiro atoms. The molecule has 2 heterocycles. The highest BCUT2D eigenvalue weighted by Gasteiger charge is 2.50. The molecule has 11 heteroatoms. The van der Waals surface area contributed by atoms with E-state index in [1.165, 1.54) is 29.3 Å². The molecule has 2 aliphatic heterocycles. The molecule has 210 valence electrons. The van der Waals surface area contributed by atoms with Gasteiger partial charge in [0.2, 0.25) is 11.8 Å². The van der Waals surface area contributed by atoms with Gasteiger partial charge in [0.05, 0.1) is 26.3 Å². The lowest BCUT2D eigenvalue weighted by Crippen LogP contribution is -2.76. The monoisotopic (exact) mass is 543 g/mol. The standard InChI is InChI=1S/C28H35F2N5O4/c1-3-4-5-24-27(37)33(14-15-39-19-21-8-12-23(30)13-9-21)17-25-34(24)26(36)18-32(2)35(25)28(38)31-16-20-6-10-22(29)11-7-20/h6-13,24-25H,3-5,14-19H2,1-2H3,(H,31,38)/t24-,25-/m0/s1. The highest BCUT2D eigenvalue weighted by Crippen LogP contribution is 2.28. The fourth-order valence-corrected chi connectivity index (χ4v) is 4.99. The number of rotatable bonds is 10. The third-order valence-corrected chi connectivity index (χ3v) is 7.02. The van der Waals surface area contributed by atoms with Crippen LogP contribution in [0.5, 0.6) is 0 Å². The third kappa shape index (κ3) is 6.90. The second-order valence-electron chi connectivity index (χ2n) is 9.85. The van der Waals surface area contributed by atoms with Gasteiger partial charge in [0, 0.05) is 20.1 Å². The molecular weight excluding hydrogens is 508 g/mol. The Hall–Kier alpha value is -3.57. The lowest BCUT2D eigenvalue weighted by Gasteiger charge is -2.54. The van der Waals surface area contributed by atoms with Gasteiger partial charge in [0.15, 0.2) is 0 Å². The Labute approximate surface area is 227 Å². The number of hydrogen-bond acceptors (Lipinski definition) is 5. The van der Waals surface area contributed by atoms with Gasteiger partial charge in [-0.15, -0.1) is 0 Å². The molecule has 2 atom stereocenters. The third-order valence-electron chi connectivity index (χ3n) is 7.02. The fourth-order valence-electron chi connectivity index (χ4n) is 4.99. The number of piperazine rings is 1. The number of carbonyl (C=O) groups excluding carboxylic acids is 3. The Morgan fingerprint density at radius 3 is 2.31 bits per heavy atom. The second kappa shape index (κ2) is 13.0. The summed E-state index contributed by atoms with van der Waals surface area (Å²) in [7, 11) is 1.67. The van der Waals surface area contributed by atoms with Gasteiger partial charge in [0.25, 0.3) is 0 Å². The molecule has 0 unspecified atom stereocenters. The molecule has 0 radical (unpaired) electrons. The number of hydrogen-bond donors (Lipinski definition) is 1. The SMILES string of the molecule is CCCC[C@H]1C(=O)N(CCOCc2ccc(F)cc2)C[C@H]2N1C(=O)CN(C)N2C(=O)NCc1ccc(F)cc1. The maximum absolute atomic E-state index is 13.5. The molecule has 4 rings (SSSR count). The van der Waals surface area contributed by atoms with Crippen molar-refractivity contribution in [2.45, 2.75) is 51.5 Å². The molecule has 1 N–H and O–H groups in total. The van der Waals surface area contributed by atoms with Crippen LogP contribution in [-0.2, 0) is 27.5 Å². The summed E-state index contributed by atoms with van der Waals surface area (Å²) in [6.07, 6.45) is 1.44. The van der Waals surface area contributed by atoms with E-state index in [-0.39, 0.29) is 62.8 Å². The molecular formula is C28H35F2N5O4. The van der Waals surface area contributed by atoms with Crippen LogP contribution in [0.1, 0.15) is 37.3 Å². The molecule has 2 fully saturated rings. The van der Waals surface area contributed by atoms with Gasteiger partial charge in [0.1, 0.15) is 23.8 Å². The molecule has 2 aromatic carbocycles. The van der Waals surface area contributed by atoms with Gasteiger partial charge < -0.3 is 19.9 Å². The minimum Gasteiger partial charge on any atom is -0.375 e. The largest absolute Gasteiger partial charge is 0.375 e. The highest BCUT2D eigenvalue weighted by atomic mass is 19.1. The van der Waals surface area contributed by atoms with Crippen LogP contribution in [0.2, 0.25) is 0 Å². The van der Waals surface area contributed by atoms with Crippen molar-refractivity contribution in [2.75, 3.05) is 33.3 Å². The number of carbonyl (C=O) groups is 3. The summed E-state index contributed by atoms with van der Waals surface area (Å²) in [6, 6.07) is 10.8. The maximum atomic E-state index is 13.5. The molecule has 0 bridgehead atoms. The fraction of sp³-hybridized carbons (Fsp3) is 0.464. The average Bonchev–Trinajstić information content (AvgIpc) is 2.91. The topological polar surface area (TPSA) is 85.4 Å². The van der Waals surface area contributed by atoms with Crippen LogP contribution in [0.15, 0.2) is 48.5 Å². The zero-order valence-electron chi connectivity index (χ0n) is 22.3. The van der Waals surface area contributed by atoms with E-state index in [1.807, 2.05) is 6.92 Å². The first kappa shape index (κ1) is 28.4. The van der Waals surface area contributed by atoms with Crippen molar-refractivity contribution in [3.05, 3.63) is 71.3 Å². The van der Waals surface area contributed by atoms with E-state index >= 15 is 0 Å². The van der Waals surface area contributed by atoms with Gasteiger partial charge >= 0.3 is 6.03 Å². The van der Waals surface area contributed by atoms with Gasteiger partial charge in [-0.05, 0) is 41.8 Å². The van der Waals surface area contributed by atoms with Crippen LogP contribution in [0.25, 0.3) is 0 Å². The number of nitrogens with zero attached hydrogens (tertiary/aromatic N) is 4. The number of fused-ring (bicyclic) bond motifs is 1. The quantitative estimate of drug-likeness (QED) is 0.466. The first-order chi connectivity index (χ1) is 18.8. The van der Waals surface area contributed by atoms with E-state index in [4.69, 9.17) is 4.74 Å². The van der Waals surface area contributed by atoms with E-state index in [0.717, 1.165) is 24.0 Å². The van der Waals surface area contributed by atoms with Crippen molar-refractivity contribution in [1.29, 1.82) is 0 Å². The van der Waals surface area contributed by atoms with Crippen LogP contribution in [0.3, 0.4) is 0 Å². The number of ether oxygens (including phenoxy) is 1. The molecule has 2 aliphatic rings. The summed E-state index contributed by atoms with van der Waals surface area (Å²) in [5.41, 5.74) is 1.55. The number of hydrazine groups is 1. The molecule has 0 aromatic heterocycles. The van der Waals surface area contributed by atoms with Crippen molar-refractivity contribution < 1.29 is 27.9 Å². The van der Waals surface area contributed by atoms with Crippen molar-refractivity contribution in [3.8, 4) is 0 Å². The Kier molecular flexibility index (Phi) is 9.47. The Bertz CT molecular complexity index is 1150. The number of unbranched alkanes of at least 4 members (excludes halogenated alkanes) is 1. The number of halogens is 2. The number of nitrogens with one attached hydrogen (secondary N) is 1. The first-order valence-electron chi connectivity index (χ1n) is 13.2. The summed E-state index contributed by atoms with van der Waals surface area (Å²) in [6.45, 7) is 3.12. The van der Waals surface area contributed by atoms with Gasteiger partial charge in [-0.3, -0.25) is 9.59 Å². The van der Waals surface area contributed by atoms with Gasteiger partial charge in [-0.2, -0.15) is 0 Å². The van der Waals surface area contributed by atoms with E-state index in [0.29, 0.717) is 6.42 Å². The predicted molar refractivity (Wildman–Crippen MR) is 140 cm³/mol. The number of urea groups is 1.